The highest BCUT2D eigenvalue weighted by molar-refractivity contribution is 5.95. The summed E-state index contributed by atoms with van der Waals surface area (Å²) in [5.41, 5.74) is 9.73. The van der Waals surface area contributed by atoms with Crippen molar-refractivity contribution in [1.29, 1.82) is 0 Å². The van der Waals surface area contributed by atoms with E-state index >= 15 is 0 Å². The standard InChI is InChI=1S/C20H14N2O4/c1-9-7-11-14(13(8-9)26-3)16-17(18(11)22-21)20(24)15-10(19(16)23)5-4-6-12(15)25-2/h4-8H,1-3H3/i18+1. The van der Waals surface area contributed by atoms with Crippen molar-refractivity contribution in [3.05, 3.63) is 77.7 Å². The number of ether oxygens (including phenoxy) is 2. The van der Waals surface area contributed by atoms with Crippen LogP contribution in [-0.4, -0.2) is 19.0 Å². The zero-order valence-electron chi connectivity index (χ0n) is 14.4. The quantitative estimate of drug-likeness (QED) is 0.408. The Kier molecular flexibility index (Phi) is 3.39. The van der Waals surface area contributed by atoms with Crippen LogP contribution in [0.15, 0.2) is 39.9 Å². The van der Waals surface area contributed by atoms with Crippen molar-refractivity contribution in [2.45, 2.75) is 6.92 Å². The molecule has 0 saturated heterocycles. The van der Waals surface area contributed by atoms with Gasteiger partial charge in [-0.15, -0.1) is 0 Å². The molecule has 0 aliphatic heterocycles. The SMILES string of the molecule is COc1cccc2c(=O)c3c4c(OC)cc(C)cc4[13c](=[N+]=[N-])c=3c(=O)c12. The molecule has 2 aromatic rings. The molecule has 0 aromatic heterocycles. The van der Waals surface area contributed by atoms with E-state index in [0.717, 1.165) is 5.56 Å². The topological polar surface area (TPSA) is 89.0 Å². The Labute approximate surface area is 146 Å². The van der Waals surface area contributed by atoms with Crippen molar-refractivity contribution in [3.63, 3.8) is 0 Å². The summed E-state index contributed by atoms with van der Waals surface area (Å²) in [7, 11) is 2.93. The summed E-state index contributed by atoms with van der Waals surface area (Å²) in [6.45, 7) is 1.86. The normalized spacial score (nSPS) is 11.2. The summed E-state index contributed by atoms with van der Waals surface area (Å²) in [4.78, 5) is 29.8. The molecule has 0 fully saturated rings. The maximum atomic E-state index is 13.2. The van der Waals surface area contributed by atoms with Crippen LogP contribution in [0.5, 0.6) is 11.5 Å². The summed E-state index contributed by atoms with van der Waals surface area (Å²) < 4.78 is 10.7. The van der Waals surface area contributed by atoms with E-state index in [1.54, 1.807) is 30.3 Å². The van der Waals surface area contributed by atoms with E-state index in [0.29, 0.717) is 22.3 Å². The minimum atomic E-state index is -0.407. The summed E-state index contributed by atoms with van der Waals surface area (Å²) in [5.74, 6) is 0.766. The fourth-order valence-electron chi connectivity index (χ4n) is 3.67. The van der Waals surface area contributed by atoms with E-state index in [9.17, 15) is 15.1 Å². The van der Waals surface area contributed by atoms with Gasteiger partial charge in [0.2, 0.25) is 5.43 Å². The maximum Gasteiger partial charge on any atom is 0.335 e. The molecule has 26 heavy (non-hydrogen) atoms. The van der Waals surface area contributed by atoms with Gasteiger partial charge in [-0.1, -0.05) is 12.1 Å². The maximum absolute atomic E-state index is 13.2. The van der Waals surface area contributed by atoms with Crippen LogP contribution in [0.3, 0.4) is 0 Å². The van der Waals surface area contributed by atoms with Gasteiger partial charge < -0.3 is 15.0 Å². The average Bonchev–Trinajstić information content (AvgIpc) is 2.99. The van der Waals surface area contributed by atoms with E-state index in [-0.39, 0.29) is 32.0 Å². The van der Waals surface area contributed by atoms with Crippen molar-refractivity contribution in [2.24, 2.45) is 0 Å². The molecule has 2 aliphatic carbocycles. The van der Waals surface area contributed by atoms with E-state index in [4.69, 9.17) is 9.47 Å². The molecule has 0 spiro atoms. The summed E-state index contributed by atoms with van der Waals surface area (Å²) in [6.07, 6.45) is 0. The second kappa shape index (κ2) is 5.51. The third-order valence-electron chi connectivity index (χ3n) is 4.73. The Hall–Kier alpha value is -3.50. The second-order valence-electron chi connectivity index (χ2n) is 6.13. The van der Waals surface area contributed by atoms with Crippen LogP contribution in [0.1, 0.15) is 5.56 Å². The molecule has 2 aromatic carbocycles. The van der Waals surface area contributed by atoms with Gasteiger partial charge in [-0.05, 0) is 30.7 Å². The molecule has 0 heterocycles. The molecule has 0 saturated carbocycles. The lowest BCUT2D eigenvalue weighted by Crippen LogP contribution is -2.20. The first-order valence-corrected chi connectivity index (χ1v) is 7.96. The van der Waals surface area contributed by atoms with Crippen LogP contribution in [0, 0.1) is 17.4 Å². The minimum Gasteiger partial charge on any atom is -0.496 e. The van der Waals surface area contributed by atoms with Crippen LogP contribution in [0.25, 0.3) is 27.1 Å². The van der Waals surface area contributed by atoms with Crippen molar-refractivity contribution in [1.82, 2.24) is 0 Å². The highest BCUT2D eigenvalue weighted by Gasteiger charge is 2.23. The number of aryl methyl sites for hydroxylation is 1. The Bertz CT molecular complexity index is 1460. The minimum absolute atomic E-state index is 0.0758. The predicted octanol–water partition coefficient (Wildman–Crippen LogP) is 1.77. The van der Waals surface area contributed by atoms with Crippen molar-refractivity contribution < 1.29 is 14.3 Å². The van der Waals surface area contributed by atoms with Gasteiger partial charge in [-0.25, -0.2) is 0 Å². The highest BCUT2D eigenvalue weighted by atomic mass is 16.5. The number of rotatable bonds is 2. The first kappa shape index (κ1) is 16.0. The third-order valence-corrected chi connectivity index (χ3v) is 4.73. The molecule has 128 valence electrons. The number of benzene rings is 2. The molecular weight excluding hydrogens is 333 g/mol. The van der Waals surface area contributed by atoms with Gasteiger partial charge in [0.15, 0.2) is 5.43 Å². The van der Waals surface area contributed by atoms with Gasteiger partial charge in [0.05, 0.1) is 30.2 Å². The fourth-order valence-corrected chi connectivity index (χ4v) is 3.67. The molecule has 0 bridgehead atoms. The molecule has 0 unspecified atom stereocenters. The van der Waals surface area contributed by atoms with Crippen molar-refractivity contribution in [2.75, 3.05) is 14.2 Å². The van der Waals surface area contributed by atoms with Gasteiger partial charge in [0.25, 0.3) is 0 Å². The van der Waals surface area contributed by atoms with Crippen molar-refractivity contribution in [3.8, 4) is 11.5 Å². The number of hydrogen-bond acceptors (Lipinski definition) is 4. The van der Waals surface area contributed by atoms with Crippen LogP contribution < -0.4 is 25.7 Å². The monoisotopic (exact) mass is 347 g/mol. The first-order chi connectivity index (χ1) is 12.5. The van der Waals surface area contributed by atoms with Gasteiger partial charge in [-0.3, -0.25) is 9.59 Å². The molecule has 0 amide bonds. The van der Waals surface area contributed by atoms with Gasteiger partial charge in [0.1, 0.15) is 16.7 Å². The van der Waals surface area contributed by atoms with Crippen LogP contribution in [0.4, 0.5) is 0 Å². The molecule has 0 atom stereocenters. The Morgan fingerprint density at radius 1 is 0.885 bits per heavy atom. The molecule has 0 N–H and O–H groups in total. The summed E-state index contributed by atoms with van der Waals surface area (Å²) in [6, 6.07) is 8.43. The lowest BCUT2D eigenvalue weighted by molar-refractivity contribution is -0.0635. The van der Waals surface area contributed by atoms with Crippen LogP contribution in [0.2, 0.25) is 0 Å². The van der Waals surface area contributed by atoms with Gasteiger partial charge in [0, 0.05) is 10.8 Å². The zero-order chi connectivity index (χ0) is 18.6. The smallest absolute Gasteiger partial charge is 0.335 e. The number of nitrogens with zero attached hydrogens (tertiary/aromatic N) is 2. The average molecular weight is 347 g/mol. The molecule has 4 rings (SSSR count). The lowest BCUT2D eigenvalue weighted by Gasteiger charge is -2.04. The Morgan fingerprint density at radius 3 is 2.27 bits per heavy atom. The molecule has 2 aliphatic rings. The fraction of sp³-hybridized carbons (Fsp3) is 0.150. The van der Waals surface area contributed by atoms with Crippen molar-refractivity contribution >= 4 is 21.5 Å². The zero-order valence-corrected chi connectivity index (χ0v) is 14.4. The van der Waals surface area contributed by atoms with Crippen LogP contribution >= 0.6 is 0 Å². The highest BCUT2D eigenvalue weighted by Crippen LogP contribution is 2.28. The number of fused-ring (bicyclic) bond motifs is 3. The summed E-state index contributed by atoms with van der Waals surface area (Å²) >= 11 is 0. The third kappa shape index (κ3) is 1.87. The number of hydrogen-bond donors (Lipinski definition) is 0. The lowest BCUT2D eigenvalue weighted by atomic mass is 10.0. The molecular formula is C20H14N2O4. The van der Waals surface area contributed by atoms with E-state index in [1.807, 2.05) is 6.92 Å². The van der Waals surface area contributed by atoms with E-state index in [2.05, 4.69) is 4.79 Å². The first-order valence-electron chi connectivity index (χ1n) is 7.96. The second-order valence-corrected chi connectivity index (χ2v) is 6.13. The van der Waals surface area contributed by atoms with E-state index < -0.39 is 5.43 Å². The molecule has 0 radical (unpaired) electrons. The molecule has 6 heteroatoms. The number of methoxy groups -OCH3 is 2. The molecule has 6 nitrogen and oxygen atoms in total. The Balaban J connectivity index is 2.56. The largest absolute Gasteiger partial charge is 0.496 e. The van der Waals surface area contributed by atoms with Gasteiger partial charge in [-0.2, -0.15) is 4.79 Å². The van der Waals surface area contributed by atoms with Gasteiger partial charge >= 0.3 is 5.36 Å². The van der Waals surface area contributed by atoms with Crippen LogP contribution in [-0.2, 0) is 0 Å². The summed E-state index contributed by atoms with van der Waals surface area (Å²) in [5, 5.41) is 1.79. The predicted molar refractivity (Wildman–Crippen MR) is 96.3 cm³/mol. The Morgan fingerprint density at radius 2 is 1.62 bits per heavy atom. The van der Waals surface area contributed by atoms with E-state index in [1.165, 1.54) is 14.2 Å².